The smallest absolute Gasteiger partial charge is 0.429 e. The van der Waals surface area contributed by atoms with E-state index >= 15 is 0 Å². The lowest BCUT2D eigenvalue weighted by atomic mass is 9.87. The number of hydrogen-bond acceptors (Lipinski definition) is 4. The molecule has 0 aliphatic carbocycles. The number of halogens is 3. The third-order valence-electron chi connectivity index (χ3n) is 3.84. The molecule has 23 heavy (non-hydrogen) atoms. The summed E-state index contributed by atoms with van der Waals surface area (Å²) in [7, 11) is 0. The summed E-state index contributed by atoms with van der Waals surface area (Å²) in [6.07, 6.45) is -7.16. The predicted octanol–water partition coefficient (Wildman–Crippen LogP) is 4.39. The number of ether oxygens (including phenoxy) is 3. The lowest BCUT2D eigenvalue weighted by molar-refractivity contribution is -0.223. The number of fused-ring (bicyclic) bond motifs is 1. The monoisotopic (exact) mass is 332 g/mol. The number of benzene rings is 1. The van der Waals surface area contributed by atoms with Crippen molar-refractivity contribution in [1.82, 2.24) is 0 Å². The average Bonchev–Trinajstić information content (AvgIpc) is 2.71. The van der Waals surface area contributed by atoms with E-state index in [2.05, 4.69) is 4.74 Å². The molecule has 0 radical (unpaired) electrons. The number of esters is 1. The Hall–Kier alpha value is -1.92. The Labute approximate surface area is 132 Å². The fourth-order valence-electron chi connectivity index (χ4n) is 2.13. The zero-order valence-electron chi connectivity index (χ0n) is 13.6. The molecular formula is C16H19F3O4. The van der Waals surface area contributed by atoms with Crippen LogP contribution in [0.3, 0.4) is 0 Å². The van der Waals surface area contributed by atoms with E-state index in [-0.39, 0.29) is 17.1 Å². The normalized spacial score (nSPS) is 21.9. The molecule has 7 heteroatoms. The molecule has 1 aliphatic heterocycles. The molecule has 0 fully saturated rings. The van der Waals surface area contributed by atoms with Crippen molar-refractivity contribution in [3.8, 4) is 11.5 Å². The number of carbonyl (C=O) groups is 1. The Morgan fingerprint density at radius 2 is 1.83 bits per heavy atom. The van der Waals surface area contributed by atoms with E-state index < -0.39 is 29.5 Å². The third kappa shape index (κ3) is 3.23. The largest absolute Gasteiger partial charge is 0.448 e. The first-order chi connectivity index (χ1) is 10.3. The van der Waals surface area contributed by atoms with E-state index in [1.54, 1.807) is 6.92 Å². The lowest BCUT2D eigenvalue weighted by Gasteiger charge is -2.36. The highest BCUT2D eigenvalue weighted by Gasteiger charge is 2.51. The molecule has 128 valence electrons. The maximum absolute atomic E-state index is 13.3. The lowest BCUT2D eigenvalue weighted by Crippen LogP contribution is -2.47. The van der Waals surface area contributed by atoms with E-state index in [1.807, 2.05) is 20.8 Å². The Morgan fingerprint density at radius 3 is 2.30 bits per heavy atom. The topological polar surface area (TPSA) is 44.8 Å². The van der Waals surface area contributed by atoms with Crippen LogP contribution in [0.1, 0.15) is 46.3 Å². The van der Waals surface area contributed by atoms with Crippen LogP contribution in [0, 0.1) is 5.41 Å². The van der Waals surface area contributed by atoms with E-state index in [0.29, 0.717) is 0 Å². The van der Waals surface area contributed by atoms with Gasteiger partial charge in [0.05, 0.1) is 0 Å². The van der Waals surface area contributed by atoms with Crippen molar-refractivity contribution < 1.29 is 32.2 Å². The average molecular weight is 332 g/mol. The first kappa shape index (κ1) is 17.4. The molecular weight excluding hydrogens is 313 g/mol. The zero-order chi connectivity index (χ0) is 17.6. The van der Waals surface area contributed by atoms with Gasteiger partial charge >= 0.3 is 12.1 Å². The molecule has 2 atom stereocenters. The summed E-state index contributed by atoms with van der Waals surface area (Å²) in [4.78, 5) is 11.1. The molecule has 2 rings (SSSR count). The van der Waals surface area contributed by atoms with Crippen LogP contribution in [0.15, 0.2) is 18.2 Å². The molecule has 1 aromatic rings. The van der Waals surface area contributed by atoms with Crippen LogP contribution in [0.25, 0.3) is 0 Å². The second kappa shape index (κ2) is 5.32. The van der Waals surface area contributed by atoms with E-state index in [9.17, 15) is 18.0 Å². The molecule has 0 amide bonds. The first-order valence-corrected chi connectivity index (χ1v) is 7.10. The van der Waals surface area contributed by atoms with Gasteiger partial charge in [0.1, 0.15) is 0 Å². The Morgan fingerprint density at radius 1 is 1.22 bits per heavy atom. The minimum atomic E-state index is -4.76. The molecule has 0 saturated carbocycles. The van der Waals surface area contributed by atoms with Crippen molar-refractivity contribution in [3.63, 3.8) is 0 Å². The predicted molar refractivity (Wildman–Crippen MR) is 76.1 cm³/mol. The summed E-state index contributed by atoms with van der Waals surface area (Å²) in [5.74, 6) is -2.00. The molecule has 4 nitrogen and oxygen atoms in total. The van der Waals surface area contributed by atoms with Gasteiger partial charge < -0.3 is 14.2 Å². The van der Waals surface area contributed by atoms with Crippen molar-refractivity contribution in [2.45, 2.75) is 52.7 Å². The van der Waals surface area contributed by atoms with Crippen molar-refractivity contribution in [2.75, 3.05) is 0 Å². The van der Waals surface area contributed by atoms with Crippen molar-refractivity contribution >= 4 is 5.97 Å². The quantitative estimate of drug-likeness (QED) is 0.754. The van der Waals surface area contributed by atoms with E-state index in [1.165, 1.54) is 18.2 Å². The second-order valence-corrected chi connectivity index (χ2v) is 6.61. The second-order valence-electron chi connectivity index (χ2n) is 6.61. The maximum atomic E-state index is 13.3. The van der Waals surface area contributed by atoms with Crippen LogP contribution >= 0.6 is 0 Å². The minimum Gasteiger partial charge on any atom is -0.448 e. The van der Waals surface area contributed by atoms with Crippen LogP contribution in [0.4, 0.5) is 13.2 Å². The fraction of sp³-hybridized carbons (Fsp3) is 0.562. The van der Waals surface area contributed by atoms with Gasteiger partial charge in [-0.05, 0) is 6.07 Å². The van der Waals surface area contributed by atoms with Crippen LogP contribution in [-0.4, -0.2) is 17.9 Å². The third-order valence-corrected chi connectivity index (χ3v) is 3.84. The van der Waals surface area contributed by atoms with Crippen molar-refractivity contribution in [3.05, 3.63) is 23.8 Å². The number of alkyl halides is 3. The van der Waals surface area contributed by atoms with Gasteiger partial charge in [0, 0.05) is 24.8 Å². The molecule has 1 aliphatic rings. The van der Waals surface area contributed by atoms with Gasteiger partial charge in [-0.1, -0.05) is 32.9 Å². The van der Waals surface area contributed by atoms with Gasteiger partial charge in [-0.2, -0.15) is 13.2 Å². The van der Waals surface area contributed by atoms with Crippen LogP contribution in [0.2, 0.25) is 0 Å². The summed E-state index contributed by atoms with van der Waals surface area (Å²) in [5, 5.41) is 0. The molecule has 1 unspecified atom stereocenters. The van der Waals surface area contributed by atoms with E-state index in [0.717, 1.165) is 6.92 Å². The highest BCUT2D eigenvalue weighted by Crippen LogP contribution is 2.51. The van der Waals surface area contributed by atoms with Gasteiger partial charge in [0.25, 0.3) is 5.79 Å². The summed E-state index contributed by atoms with van der Waals surface area (Å²) < 4.78 is 55.8. The van der Waals surface area contributed by atoms with E-state index in [4.69, 9.17) is 9.47 Å². The molecule has 0 spiro atoms. The highest BCUT2D eigenvalue weighted by atomic mass is 19.4. The zero-order valence-corrected chi connectivity index (χ0v) is 13.6. The summed E-state index contributed by atoms with van der Waals surface area (Å²) in [6.45, 7) is 8.15. The first-order valence-electron chi connectivity index (χ1n) is 7.10. The number of carbonyl (C=O) groups excluding carboxylic acids is 1. The maximum Gasteiger partial charge on any atom is 0.429 e. The summed E-state index contributed by atoms with van der Waals surface area (Å²) in [6, 6.07) is 4.16. The molecule has 0 bridgehead atoms. The van der Waals surface area contributed by atoms with Crippen molar-refractivity contribution in [2.24, 2.45) is 5.41 Å². The van der Waals surface area contributed by atoms with Gasteiger partial charge in [-0.15, -0.1) is 0 Å². The molecule has 1 heterocycles. The van der Waals surface area contributed by atoms with Gasteiger partial charge in [-0.25, -0.2) is 0 Å². The number of hydrogen-bond donors (Lipinski definition) is 0. The fourth-order valence-corrected chi connectivity index (χ4v) is 2.13. The van der Waals surface area contributed by atoms with Gasteiger partial charge in [-0.3, -0.25) is 4.79 Å². The molecule has 0 N–H and O–H groups in total. The van der Waals surface area contributed by atoms with Crippen LogP contribution in [0.5, 0.6) is 11.5 Å². The van der Waals surface area contributed by atoms with Gasteiger partial charge in [0.2, 0.25) is 6.10 Å². The Balaban J connectivity index is 2.49. The number of rotatable bonds is 2. The Bertz CT molecular complexity index is 619. The number of para-hydroxylation sites is 1. The summed E-state index contributed by atoms with van der Waals surface area (Å²) >= 11 is 0. The van der Waals surface area contributed by atoms with Crippen molar-refractivity contribution in [1.29, 1.82) is 0 Å². The van der Waals surface area contributed by atoms with Gasteiger partial charge in [0.15, 0.2) is 11.5 Å². The minimum absolute atomic E-state index is 0.0477. The van der Waals surface area contributed by atoms with Crippen LogP contribution in [-0.2, 0) is 9.53 Å². The highest BCUT2D eigenvalue weighted by molar-refractivity contribution is 5.67. The Kier molecular flexibility index (Phi) is 4.03. The SMILES string of the molecule is CC(=O)O[C@@H](c1cccc2c1OC(C)(C(C)(C)C)O2)C(F)(F)F. The van der Waals surface area contributed by atoms with Crippen LogP contribution < -0.4 is 9.47 Å². The molecule has 1 aromatic carbocycles. The standard InChI is InChI=1S/C16H19F3O4/c1-9(20)21-13(16(17,18)19)10-7-6-8-11-12(10)23-15(5,22-11)14(2,3)4/h6-8,13H,1-5H3/t13-,15?/m0/s1. The summed E-state index contributed by atoms with van der Waals surface area (Å²) in [5.41, 5.74) is -0.767. The molecule has 0 aromatic heterocycles. The molecule has 0 saturated heterocycles.